The Morgan fingerprint density at radius 2 is 2.07 bits per heavy atom. The number of nitrogens with zero attached hydrogens (tertiary/aromatic N) is 1. The van der Waals surface area contributed by atoms with Gasteiger partial charge in [0.1, 0.15) is 5.15 Å². The third kappa shape index (κ3) is 2.95. The van der Waals surface area contributed by atoms with E-state index >= 15 is 0 Å². The van der Waals surface area contributed by atoms with E-state index < -0.39 is 27.0 Å². The summed E-state index contributed by atoms with van der Waals surface area (Å²) in [4.78, 5) is 3.40. The number of pyridine rings is 1. The van der Waals surface area contributed by atoms with Crippen LogP contribution in [0.5, 0.6) is 0 Å². The topological polar surface area (TPSA) is 73.1 Å². The SMILES string of the molecule is NS(=O)(=O)c1cc(C(F)F)c(I)c(Cl)n1. The molecule has 0 aromatic carbocycles. The van der Waals surface area contributed by atoms with Crippen LogP contribution in [0.25, 0.3) is 0 Å². The van der Waals surface area contributed by atoms with E-state index in [-0.39, 0.29) is 8.72 Å². The number of hydrogen-bond donors (Lipinski definition) is 1. The molecule has 1 aromatic heterocycles. The number of hydrogen-bond acceptors (Lipinski definition) is 3. The molecule has 0 aliphatic heterocycles. The molecular formula is C6H4ClF2IN2O2S. The van der Waals surface area contributed by atoms with Gasteiger partial charge >= 0.3 is 0 Å². The molecule has 1 rings (SSSR count). The fraction of sp³-hybridized carbons (Fsp3) is 0.167. The zero-order chi connectivity index (χ0) is 11.8. The second kappa shape index (κ2) is 4.44. The fourth-order valence-electron chi connectivity index (χ4n) is 0.798. The summed E-state index contributed by atoms with van der Waals surface area (Å²) in [5.74, 6) is 0. The first-order valence-electron chi connectivity index (χ1n) is 3.40. The van der Waals surface area contributed by atoms with Crippen LogP contribution < -0.4 is 5.14 Å². The Morgan fingerprint density at radius 3 is 2.47 bits per heavy atom. The van der Waals surface area contributed by atoms with Crippen molar-refractivity contribution in [3.63, 3.8) is 0 Å². The van der Waals surface area contributed by atoms with Crippen molar-refractivity contribution in [3.8, 4) is 0 Å². The van der Waals surface area contributed by atoms with Crippen molar-refractivity contribution in [2.75, 3.05) is 0 Å². The molecule has 0 unspecified atom stereocenters. The van der Waals surface area contributed by atoms with Gasteiger partial charge in [0.2, 0.25) is 0 Å². The van der Waals surface area contributed by atoms with Gasteiger partial charge < -0.3 is 0 Å². The van der Waals surface area contributed by atoms with E-state index in [4.69, 9.17) is 16.7 Å². The van der Waals surface area contributed by atoms with Gasteiger partial charge in [0.25, 0.3) is 16.4 Å². The van der Waals surface area contributed by atoms with Gasteiger partial charge in [-0.15, -0.1) is 0 Å². The first-order valence-corrected chi connectivity index (χ1v) is 6.40. The fourth-order valence-corrected chi connectivity index (χ4v) is 2.07. The van der Waals surface area contributed by atoms with Gasteiger partial charge in [-0.3, -0.25) is 0 Å². The molecule has 0 atom stereocenters. The Morgan fingerprint density at radius 1 is 1.53 bits per heavy atom. The van der Waals surface area contributed by atoms with Crippen LogP contribution in [-0.4, -0.2) is 13.4 Å². The predicted molar refractivity (Wildman–Crippen MR) is 58.3 cm³/mol. The van der Waals surface area contributed by atoms with E-state index in [2.05, 4.69) is 4.98 Å². The summed E-state index contributed by atoms with van der Waals surface area (Å²) in [5, 5.41) is 3.78. The predicted octanol–water partition coefficient (Wildman–Crippen LogP) is 1.92. The van der Waals surface area contributed by atoms with E-state index in [9.17, 15) is 17.2 Å². The Hall–Kier alpha value is -0.0600. The maximum atomic E-state index is 12.4. The van der Waals surface area contributed by atoms with Crippen LogP contribution in [-0.2, 0) is 10.0 Å². The smallest absolute Gasteiger partial charge is 0.223 e. The van der Waals surface area contributed by atoms with E-state index in [0.29, 0.717) is 6.07 Å². The van der Waals surface area contributed by atoms with Crippen molar-refractivity contribution in [3.05, 3.63) is 20.4 Å². The number of alkyl halides is 2. The number of primary sulfonamides is 1. The highest BCUT2D eigenvalue weighted by Crippen LogP contribution is 2.30. The van der Waals surface area contributed by atoms with Gasteiger partial charge in [0.15, 0.2) is 5.03 Å². The normalized spacial score (nSPS) is 12.1. The van der Waals surface area contributed by atoms with Crippen LogP contribution in [0, 0.1) is 3.57 Å². The minimum absolute atomic E-state index is 0.0108. The maximum Gasteiger partial charge on any atom is 0.265 e. The minimum Gasteiger partial charge on any atom is -0.223 e. The zero-order valence-corrected chi connectivity index (χ0v) is 10.6. The second-order valence-corrected chi connectivity index (χ2v) is 5.45. The average molecular weight is 369 g/mol. The number of halogens is 4. The van der Waals surface area contributed by atoms with Gasteiger partial charge in [-0.05, 0) is 28.7 Å². The molecule has 0 radical (unpaired) electrons. The Balaban J connectivity index is 3.50. The lowest BCUT2D eigenvalue weighted by atomic mass is 10.3. The quantitative estimate of drug-likeness (QED) is 0.640. The van der Waals surface area contributed by atoms with Crippen molar-refractivity contribution in [2.24, 2.45) is 5.14 Å². The molecule has 0 spiro atoms. The number of sulfonamides is 1. The van der Waals surface area contributed by atoms with Crippen molar-refractivity contribution in [2.45, 2.75) is 11.5 Å². The molecule has 0 aliphatic rings. The molecule has 9 heteroatoms. The highest BCUT2D eigenvalue weighted by Gasteiger charge is 2.20. The van der Waals surface area contributed by atoms with Gasteiger partial charge in [0.05, 0.1) is 3.57 Å². The van der Waals surface area contributed by atoms with Gasteiger partial charge in [-0.25, -0.2) is 27.3 Å². The molecule has 0 amide bonds. The number of nitrogens with two attached hydrogens (primary N) is 1. The molecule has 2 N–H and O–H groups in total. The highest BCUT2D eigenvalue weighted by molar-refractivity contribution is 14.1. The minimum atomic E-state index is -4.13. The molecule has 0 fully saturated rings. The van der Waals surface area contributed by atoms with Crippen LogP contribution in [0.4, 0.5) is 8.78 Å². The molecular weight excluding hydrogens is 364 g/mol. The summed E-state index contributed by atoms with van der Waals surface area (Å²) < 4.78 is 46.7. The van der Waals surface area contributed by atoms with Crippen LogP contribution in [0.1, 0.15) is 12.0 Å². The van der Waals surface area contributed by atoms with Crippen LogP contribution in [0.15, 0.2) is 11.1 Å². The summed E-state index contributed by atoms with van der Waals surface area (Å²) in [5.41, 5.74) is -0.500. The van der Waals surface area contributed by atoms with Crippen LogP contribution in [0.3, 0.4) is 0 Å². The van der Waals surface area contributed by atoms with Crippen molar-refractivity contribution >= 4 is 44.2 Å². The molecule has 0 saturated heterocycles. The molecule has 0 aliphatic carbocycles. The van der Waals surface area contributed by atoms with Gasteiger partial charge in [0, 0.05) is 5.56 Å². The van der Waals surface area contributed by atoms with E-state index in [1.54, 1.807) is 22.6 Å². The molecule has 84 valence electrons. The molecule has 4 nitrogen and oxygen atoms in total. The number of rotatable bonds is 2. The Kier molecular flexibility index (Phi) is 3.85. The third-order valence-corrected chi connectivity index (χ3v) is 3.97. The van der Waals surface area contributed by atoms with E-state index in [1.807, 2.05) is 0 Å². The summed E-state index contributed by atoms with van der Waals surface area (Å²) in [6.07, 6.45) is -2.84. The average Bonchev–Trinajstić information content (AvgIpc) is 2.06. The van der Waals surface area contributed by atoms with E-state index in [1.165, 1.54) is 0 Å². The largest absolute Gasteiger partial charge is 0.265 e. The standard InChI is InChI=1S/C6H4ClF2IN2O2S/c7-5-4(10)2(6(8)9)1-3(12-5)15(11,13)14/h1,6H,(H2,11,13,14). The van der Waals surface area contributed by atoms with Gasteiger partial charge in [-0.1, -0.05) is 11.6 Å². The molecule has 0 bridgehead atoms. The van der Waals surface area contributed by atoms with Crippen LogP contribution in [0.2, 0.25) is 5.15 Å². The first-order chi connectivity index (χ1) is 6.73. The Labute approximate surface area is 103 Å². The van der Waals surface area contributed by atoms with Crippen molar-refractivity contribution in [1.82, 2.24) is 4.98 Å². The summed E-state index contributed by atoms with van der Waals surface area (Å²) >= 11 is 7.05. The lowest BCUT2D eigenvalue weighted by Gasteiger charge is -2.06. The monoisotopic (exact) mass is 368 g/mol. The second-order valence-electron chi connectivity index (χ2n) is 2.50. The Bertz CT molecular complexity index is 494. The molecule has 1 aromatic rings. The third-order valence-electron chi connectivity index (χ3n) is 1.45. The molecule has 15 heavy (non-hydrogen) atoms. The van der Waals surface area contributed by atoms with Crippen LogP contribution >= 0.6 is 34.2 Å². The zero-order valence-electron chi connectivity index (χ0n) is 6.92. The van der Waals surface area contributed by atoms with Gasteiger partial charge in [-0.2, -0.15) is 0 Å². The van der Waals surface area contributed by atoms with E-state index in [0.717, 1.165) is 0 Å². The summed E-state index contributed by atoms with van der Waals surface area (Å²) in [6.45, 7) is 0. The lowest BCUT2D eigenvalue weighted by molar-refractivity contribution is 0.150. The summed E-state index contributed by atoms with van der Waals surface area (Å²) in [6, 6.07) is 0.716. The van der Waals surface area contributed by atoms with Crippen molar-refractivity contribution in [1.29, 1.82) is 0 Å². The molecule has 1 heterocycles. The summed E-state index contributed by atoms with van der Waals surface area (Å²) in [7, 11) is -4.13. The molecule has 0 saturated carbocycles. The van der Waals surface area contributed by atoms with Crippen molar-refractivity contribution < 1.29 is 17.2 Å². The lowest BCUT2D eigenvalue weighted by Crippen LogP contribution is -2.15. The maximum absolute atomic E-state index is 12.4. The highest BCUT2D eigenvalue weighted by atomic mass is 127. The first kappa shape index (κ1) is 13.0. The number of aromatic nitrogens is 1.